The zero-order valence-corrected chi connectivity index (χ0v) is 13.4. The molecular weight excluding hydrogens is 320 g/mol. The molecule has 1 saturated heterocycles. The Morgan fingerprint density at radius 1 is 1.40 bits per heavy atom. The Balaban J connectivity index is 1.83. The summed E-state index contributed by atoms with van der Waals surface area (Å²) in [6, 6.07) is 0. The number of aliphatic hydroxyl groups is 1. The van der Waals surface area contributed by atoms with Crippen molar-refractivity contribution in [3.63, 3.8) is 0 Å². The molecule has 2 heterocycles. The second-order valence-electron chi connectivity index (χ2n) is 5.85. The summed E-state index contributed by atoms with van der Waals surface area (Å²) in [7, 11) is 1.85. The minimum Gasteiger partial charge on any atom is -0.389 e. The van der Waals surface area contributed by atoms with Gasteiger partial charge in [0.05, 0.1) is 5.60 Å². The zero-order valence-electron chi connectivity index (χ0n) is 11.8. The predicted molar refractivity (Wildman–Crippen MR) is 83.0 cm³/mol. The van der Waals surface area contributed by atoms with E-state index in [1.54, 1.807) is 6.33 Å². The Kier molecular flexibility index (Phi) is 3.86. The summed E-state index contributed by atoms with van der Waals surface area (Å²) in [5, 5.41) is 13.8. The topological polar surface area (TPSA) is 61.3 Å². The fourth-order valence-electron chi connectivity index (χ4n) is 3.52. The van der Waals surface area contributed by atoms with Crippen LogP contribution in [0.25, 0.3) is 0 Å². The van der Waals surface area contributed by atoms with Gasteiger partial charge in [-0.1, -0.05) is 12.8 Å². The number of fused-ring (bicyclic) bond motifs is 1. The number of hydrogen-bond acceptors (Lipinski definition) is 5. The molecule has 3 rings (SSSR count). The number of piperidine rings is 1. The molecule has 0 spiro atoms. The van der Waals surface area contributed by atoms with Gasteiger partial charge < -0.3 is 15.3 Å². The van der Waals surface area contributed by atoms with Crippen LogP contribution in [-0.2, 0) is 0 Å². The van der Waals surface area contributed by atoms with Crippen molar-refractivity contribution in [3.8, 4) is 0 Å². The molecule has 20 heavy (non-hydrogen) atoms. The SMILES string of the molecule is CNc1ncnc(N2CCC3(O)CCCCC3C2)c1Br. The summed E-state index contributed by atoms with van der Waals surface area (Å²) < 4.78 is 0.906. The quantitative estimate of drug-likeness (QED) is 0.865. The van der Waals surface area contributed by atoms with Gasteiger partial charge in [-0.15, -0.1) is 0 Å². The van der Waals surface area contributed by atoms with E-state index in [1.165, 1.54) is 6.42 Å². The lowest BCUT2D eigenvalue weighted by molar-refractivity contribution is -0.0613. The highest BCUT2D eigenvalue weighted by Gasteiger charge is 2.43. The summed E-state index contributed by atoms with van der Waals surface area (Å²) in [6.07, 6.45) is 6.89. The molecule has 0 aromatic carbocycles. The van der Waals surface area contributed by atoms with Crippen LogP contribution in [0.5, 0.6) is 0 Å². The van der Waals surface area contributed by atoms with Crippen LogP contribution in [0.3, 0.4) is 0 Å². The van der Waals surface area contributed by atoms with E-state index in [-0.39, 0.29) is 0 Å². The van der Waals surface area contributed by atoms with Gasteiger partial charge in [0, 0.05) is 26.1 Å². The largest absolute Gasteiger partial charge is 0.389 e. The smallest absolute Gasteiger partial charge is 0.148 e. The van der Waals surface area contributed by atoms with Crippen molar-refractivity contribution in [2.24, 2.45) is 5.92 Å². The molecule has 0 bridgehead atoms. The van der Waals surface area contributed by atoms with Crippen molar-refractivity contribution < 1.29 is 5.11 Å². The summed E-state index contributed by atoms with van der Waals surface area (Å²) in [5.41, 5.74) is -0.444. The number of anilines is 2. The van der Waals surface area contributed by atoms with Gasteiger partial charge in [-0.2, -0.15) is 0 Å². The first-order valence-corrected chi connectivity index (χ1v) is 8.09. The van der Waals surface area contributed by atoms with Crippen LogP contribution < -0.4 is 10.2 Å². The van der Waals surface area contributed by atoms with Crippen LogP contribution >= 0.6 is 15.9 Å². The highest BCUT2D eigenvalue weighted by molar-refractivity contribution is 9.10. The van der Waals surface area contributed by atoms with Crippen LogP contribution in [0.2, 0.25) is 0 Å². The molecule has 2 aliphatic rings. The van der Waals surface area contributed by atoms with Crippen LogP contribution in [0.1, 0.15) is 32.1 Å². The molecule has 1 aromatic rings. The Hall–Kier alpha value is -0.880. The first-order valence-electron chi connectivity index (χ1n) is 7.29. The average molecular weight is 341 g/mol. The molecule has 6 heteroatoms. The van der Waals surface area contributed by atoms with Crippen LogP contribution in [0.15, 0.2) is 10.8 Å². The monoisotopic (exact) mass is 340 g/mol. The van der Waals surface area contributed by atoms with Gasteiger partial charge in [-0.25, -0.2) is 9.97 Å². The lowest BCUT2D eigenvalue weighted by atomic mass is 9.71. The van der Waals surface area contributed by atoms with Crippen molar-refractivity contribution in [1.29, 1.82) is 0 Å². The van der Waals surface area contributed by atoms with E-state index in [9.17, 15) is 5.11 Å². The summed E-state index contributed by atoms with van der Waals surface area (Å²) in [4.78, 5) is 10.9. The van der Waals surface area contributed by atoms with E-state index in [0.29, 0.717) is 5.92 Å². The highest BCUT2D eigenvalue weighted by atomic mass is 79.9. The molecule has 1 aromatic heterocycles. The third-order valence-corrected chi connectivity index (χ3v) is 5.47. The first-order chi connectivity index (χ1) is 9.64. The van der Waals surface area contributed by atoms with Crippen molar-refractivity contribution >= 4 is 27.6 Å². The first kappa shape index (κ1) is 14.1. The third-order valence-electron chi connectivity index (χ3n) is 4.74. The lowest BCUT2D eigenvalue weighted by Gasteiger charge is -2.47. The van der Waals surface area contributed by atoms with Crippen LogP contribution in [0.4, 0.5) is 11.6 Å². The standard InChI is InChI=1S/C14H21BrN4O/c1-16-12-11(15)13(18-9-17-12)19-7-6-14(20)5-3-2-4-10(14)8-19/h9-10,20H,2-8H2,1H3,(H,16,17,18). The summed E-state index contributed by atoms with van der Waals surface area (Å²) in [5.74, 6) is 2.10. The molecule has 2 N–H and O–H groups in total. The maximum Gasteiger partial charge on any atom is 0.148 e. The Morgan fingerprint density at radius 3 is 3.05 bits per heavy atom. The molecule has 1 aliphatic carbocycles. The number of aromatic nitrogens is 2. The molecule has 5 nitrogen and oxygen atoms in total. The fraction of sp³-hybridized carbons (Fsp3) is 0.714. The maximum atomic E-state index is 10.7. The second kappa shape index (κ2) is 5.48. The van der Waals surface area contributed by atoms with Gasteiger partial charge >= 0.3 is 0 Å². The molecule has 110 valence electrons. The van der Waals surface area contributed by atoms with Gasteiger partial charge in [-0.05, 0) is 35.2 Å². The van der Waals surface area contributed by atoms with Crippen LogP contribution in [0, 0.1) is 5.92 Å². The molecular formula is C14H21BrN4O. The molecule has 0 radical (unpaired) electrons. The molecule has 1 aliphatic heterocycles. The lowest BCUT2D eigenvalue weighted by Crippen LogP contribution is -2.53. The van der Waals surface area contributed by atoms with E-state index >= 15 is 0 Å². The minimum absolute atomic E-state index is 0.366. The molecule has 0 amide bonds. The minimum atomic E-state index is -0.444. The molecule has 2 unspecified atom stereocenters. The Morgan fingerprint density at radius 2 is 2.25 bits per heavy atom. The fourth-order valence-corrected chi connectivity index (χ4v) is 4.17. The summed E-state index contributed by atoms with van der Waals surface area (Å²) >= 11 is 3.59. The van der Waals surface area contributed by atoms with Gasteiger partial charge in [-0.3, -0.25) is 0 Å². The van der Waals surface area contributed by atoms with Crippen molar-refractivity contribution in [2.45, 2.75) is 37.7 Å². The molecule has 2 atom stereocenters. The van der Waals surface area contributed by atoms with E-state index in [1.807, 2.05) is 7.05 Å². The van der Waals surface area contributed by atoms with E-state index in [2.05, 4.69) is 36.1 Å². The highest BCUT2D eigenvalue weighted by Crippen LogP contribution is 2.42. The summed E-state index contributed by atoms with van der Waals surface area (Å²) in [6.45, 7) is 1.74. The Labute approximate surface area is 127 Å². The van der Waals surface area contributed by atoms with Crippen LogP contribution in [-0.4, -0.2) is 40.8 Å². The maximum absolute atomic E-state index is 10.7. The van der Waals surface area contributed by atoms with E-state index in [4.69, 9.17) is 0 Å². The zero-order chi connectivity index (χ0) is 14.2. The normalized spacial score (nSPS) is 29.9. The Bertz CT molecular complexity index is 498. The van der Waals surface area contributed by atoms with Crippen molar-refractivity contribution in [1.82, 2.24) is 9.97 Å². The van der Waals surface area contributed by atoms with E-state index in [0.717, 1.165) is 54.9 Å². The molecule has 1 saturated carbocycles. The van der Waals surface area contributed by atoms with Crippen molar-refractivity contribution in [3.05, 3.63) is 10.8 Å². The number of nitrogens with one attached hydrogen (secondary N) is 1. The predicted octanol–water partition coefficient (Wildman–Crippen LogP) is 2.41. The van der Waals surface area contributed by atoms with Gasteiger partial charge in [0.2, 0.25) is 0 Å². The van der Waals surface area contributed by atoms with Gasteiger partial charge in [0.1, 0.15) is 22.4 Å². The number of rotatable bonds is 2. The van der Waals surface area contributed by atoms with Gasteiger partial charge in [0.25, 0.3) is 0 Å². The number of hydrogen-bond donors (Lipinski definition) is 2. The molecule has 2 fully saturated rings. The van der Waals surface area contributed by atoms with E-state index < -0.39 is 5.60 Å². The number of halogens is 1. The number of nitrogens with zero attached hydrogens (tertiary/aromatic N) is 3. The average Bonchev–Trinajstić information content (AvgIpc) is 2.47. The van der Waals surface area contributed by atoms with Gasteiger partial charge in [0.15, 0.2) is 0 Å². The second-order valence-corrected chi connectivity index (χ2v) is 6.65. The van der Waals surface area contributed by atoms with Crippen molar-refractivity contribution in [2.75, 3.05) is 30.4 Å². The third kappa shape index (κ3) is 2.39.